The van der Waals surface area contributed by atoms with Crippen molar-refractivity contribution < 1.29 is 23.9 Å². The molecule has 0 spiro atoms. The number of Topliss-reactive ketones (excluding diaryl/α,β-unsaturated/α-hetero) is 2. The summed E-state index contributed by atoms with van der Waals surface area (Å²) in [5.41, 5.74) is 2.42. The SMILES string of the molecule is COc1ccc(C(=O)N2CCCC(C(=O)c3ccc(Cl)cc3)C2)cc1.O=C(c1ccccn1)C1CCCN(C(=O)c2ccccc2)C1. The molecule has 2 saturated heterocycles. The lowest BCUT2D eigenvalue weighted by Crippen LogP contribution is -2.42. The topological polar surface area (TPSA) is 96.9 Å². The van der Waals surface area contributed by atoms with E-state index in [0.717, 1.165) is 25.7 Å². The monoisotopic (exact) mass is 651 g/mol. The summed E-state index contributed by atoms with van der Waals surface area (Å²) < 4.78 is 5.12. The van der Waals surface area contributed by atoms with E-state index in [1.165, 1.54) is 0 Å². The number of methoxy groups -OCH3 is 1. The standard InChI is InChI=1S/C20H20ClNO3.C18H18N2O2/c1-25-18-10-6-15(7-11-18)20(24)22-12-2-3-16(13-22)19(23)14-4-8-17(21)9-5-14;21-17(16-10-4-5-11-19-16)15-9-6-12-20(13-15)18(22)14-7-2-1-3-8-14/h4-11,16H,2-3,12-13H2,1H3;1-5,7-8,10-11,15H,6,9,12-13H2. The van der Waals surface area contributed by atoms with Crippen molar-refractivity contribution in [2.45, 2.75) is 25.7 Å². The van der Waals surface area contributed by atoms with Crippen LogP contribution in [0.2, 0.25) is 5.02 Å². The van der Waals surface area contributed by atoms with E-state index in [-0.39, 0.29) is 35.2 Å². The summed E-state index contributed by atoms with van der Waals surface area (Å²) in [7, 11) is 1.59. The smallest absolute Gasteiger partial charge is 0.253 e. The Balaban J connectivity index is 0.000000186. The van der Waals surface area contributed by atoms with Crippen LogP contribution in [-0.4, -0.2) is 71.5 Å². The van der Waals surface area contributed by atoms with Gasteiger partial charge in [-0.15, -0.1) is 0 Å². The number of halogens is 1. The molecule has 6 rings (SSSR count). The van der Waals surface area contributed by atoms with Crippen LogP contribution in [0.1, 0.15) is 67.2 Å². The van der Waals surface area contributed by atoms with E-state index in [0.29, 0.717) is 59.3 Å². The zero-order valence-electron chi connectivity index (χ0n) is 26.4. The van der Waals surface area contributed by atoms with Crippen molar-refractivity contribution in [3.8, 4) is 5.75 Å². The molecule has 0 bridgehead atoms. The first-order valence-electron chi connectivity index (χ1n) is 15.9. The molecule has 242 valence electrons. The number of hydrogen-bond acceptors (Lipinski definition) is 6. The third-order valence-corrected chi connectivity index (χ3v) is 8.81. The number of likely N-dealkylation sites (tertiary alicyclic amines) is 2. The second kappa shape index (κ2) is 16.1. The highest BCUT2D eigenvalue weighted by atomic mass is 35.5. The van der Waals surface area contributed by atoms with Crippen LogP contribution in [0.25, 0.3) is 0 Å². The molecule has 3 aromatic carbocycles. The van der Waals surface area contributed by atoms with E-state index >= 15 is 0 Å². The molecule has 4 aromatic rings. The van der Waals surface area contributed by atoms with Gasteiger partial charge in [0.2, 0.25) is 0 Å². The van der Waals surface area contributed by atoms with Crippen molar-refractivity contribution >= 4 is 35.0 Å². The zero-order valence-corrected chi connectivity index (χ0v) is 27.1. The number of rotatable bonds is 7. The second-order valence-corrected chi connectivity index (χ2v) is 12.2. The molecule has 0 saturated carbocycles. The van der Waals surface area contributed by atoms with Crippen molar-refractivity contribution in [3.63, 3.8) is 0 Å². The number of pyridine rings is 1. The number of nitrogens with zero attached hydrogens (tertiary/aromatic N) is 3. The average molecular weight is 652 g/mol. The molecule has 2 aliphatic heterocycles. The maximum atomic E-state index is 12.7. The molecular weight excluding hydrogens is 614 g/mol. The average Bonchev–Trinajstić information content (AvgIpc) is 3.15. The lowest BCUT2D eigenvalue weighted by molar-refractivity contribution is 0.0623. The minimum Gasteiger partial charge on any atom is -0.497 e. The van der Waals surface area contributed by atoms with E-state index in [2.05, 4.69) is 4.98 Å². The summed E-state index contributed by atoms with van der Waals surface area (Å²) in [6.45, 7) is 2.31. The minimum atomic E-state index is -0.169. The van der Waals surface area contributed by atoms with Gasteiger partial charge in [0, 0.05) is 65.9 Å². The molecule has 2 atom stereocenters. The van der Waals surface area contributed by atoms with Crippen molar-refractivity contribution in [2.75, 3.05) is 33.3 Å². The zero-order chi connectivity index (χ0) is 33.2. The van der Waals surface area contributed by atoms with Crippen LogP contribution in [0.15, 0.2) is 103 Å². The van der Waals surface area contributed by atoms with Crippen LogP contribution in [0.3, 0.4) is 0 Å². The van der Waals surface area contributed by atoms with Crippen LogP contribution in [0, 0.1) is 11.8 Å². The first-order valence-corrected chi connectivity index (χ1v) is 16.2. The summed E-state index contributed by atoms with van der Waals surface area (Å²) in [5.74, 6) is 0.449. The maximum Gasteiger partial charge on any atom is 0.253 e. The number of ketones is 2. The predicted octanol–water partition coefficient (Wildman–Crippen LogP) is 6.90. The highest BCUT2D eigenvalue weighted by Gasteiger charge is 2.31. The third-order valence-electron chi connectivity index (χ3n) is 8.56. The first kappa shape index (κ1) is 33.5. The minimum absolute atomic E-state index is 0.000814. The van der Waals surface area contributed by atoms with E-state index in [1.54, 1.807) is 83.8 Å². The fourth-order valence-electron chi connectivity index (χ4n) is 6.00. The number of hydrogen-bond donors (Lipinski definition) is 0. The number of carbonyl (C=O) groups is 4. The van der Waals surface area contributed by atoms with Gasteiger partial charge in [-0.1, -0.05) is 35.9 Å². The van der Waals surface area contributed by atoms with E-state index in [1.807, 2.05) is 36.4 Å². The highest BCUT2D eigenvalue weighted by Crippen LogP contribution is 2.24. The van der Waals surface area contributed by atoms with Gasteiger partial charge in [-0.25, -0.2) is 0 Å². The summed E-state index contributed by atoms with van der Waals surface area (Å²) >= 11 is 5.88. The van der Waals surface area contributed by atoms with Crippen molar-refractivity contribution in [1.82, 2.24) is 14.8 Å². The molecule has 47 heavy (non-hydrogen) atoms. The molecule has 2 amide bonds. The molecular formula is C38H38ClN3O5. The maximum absolute atomic E-state index is 12.7. The Hall–Kier alpha value is -4.82. The van der Waals surface area contributed by atoms with Crippen molar-refractivity contribution in [3.05, 3.63) is 131 Å². The third kappa shape index (κ3) is 8.71. The Labute approximate surface area is 280 Å². The molecule has 3 heterocycles. The van der Waals surface area contributed by atoms with E-state index in [4.69, 9.17) is 16.3 Å². The van der Waals surface area contributed by atoms with Crippen LogP contribution in [0.5, 0.6) is 5.75 Å². The highest BCUT2D eigenvalue weighted by molar-refractivity contribution is 6.30. The van der Waals surface area contributed by atoms with Gasteiger partial charge in [0.25, 0.3) is 11.8 Å². The largest absolute Gasteiger partial charge is 0.497 e. The lowest BCUT2D eigenvalue weighted by Gasteiger charge is -2.32. The molecule has 0 aliphatic carbocycles. The van der Waals surface area contributed by atoms with Gasteiger partial charge in [0.15, 0.2) is 11.6 Å². The quantitative estimate of drug-likeness (QED) is 0.202. The van der Waals surface area contributed by atoms with Crippen molar-refractivity contribution in [2.24, 2.45) is 11.8 Å². The number of benzene rings is 3. The molecule has 2 fully saturated rings. The van der Waals surface area contributed by atoms with Gasteiger partial charge < -0.3 is 14.5 Å². The van der Waals surface area contributed by atoms with Gasteiger partial charge in [-0.2, -0.15) is 0 Å². The number of amides is 2. The van der Waals surface area contributed by atoms with Gasteiger partial charge in [0.1, 0.15) is 11.4 Å². The number of piperidine rings is 2. The van der Waals surface area contributed by atoms with Crippen molar-refractivity contribution in [1.29, 1.82) is 0 Å². The van der Waals surface area contributed by atoms with E-state index < -0.39 is 0 Å². The Bertz CT molecular complexity index is 1610. The Morgan fingerprint density at radius 2 is 1.19 bits per heavy atom. The van der Waals surface area contributed by atoms with Crippen LogP contribution in [-0.2, 0) is 0 Å². The van der Waals surface area contributed by atoms with Crippen LogP contribution >= 0.6 is 11.6 Å². The summed E-state index contributed by atoms with van der Waals surface area (Å²) in [6.07, 6.45) is 4.92. The van der Waals surface area contributed by atoms with Gasteiger partial charge in [-0.3, -0.25) is 24.2 Å². The summed E-state index contributed by atoms with van der Waals surface area (Å²) in [5, 5.41) is 0.608. The van der Waals surface area contributed by atoms with E-state index in [9.17, 15) is 19.2 Å². The number of carbonyl (C=O) groups excluding carboxylic acids is 4. The summed E-state index contributed by atoms with van der Waals surface area (Å²) in [6, 6.07) is 28.6. The predicted molar refractivity (Wildman–Crippen MR) is 181 cm³/mol. The number of ether oxygens (including phenoxy) is 1. The summed E-state index contributed by atoms with van der Waals surface area (Å²) in [4.78, 5) is 58.1. The van der Waals surface area contributed by atoms with Gasteiger partial charge >= 0.3 is 0 Å². The Kier molecular flexibility index (Phi) is 11.5. The molecule has 2 unspecified atom stereocenters. The molecule has 0 radical (unpaired) electrons. The molecule has 1 aromatic heterocycles. The number of aromatic nitrogens is 1. The normalized spacial score (nSPS) is 17.6. The fourth-order valence-corrected chi connectivity index (χ4v) is 6.12. The lowest BCUT2D eigenvalue weighted by atomic mass is 9.89. The molecule has 8 nitrogen and oxygen atoms in total. The van der Waals surface area contributed by atoms with Crippen LogP contribution in [0.4, 0.5) is 0 Å². The van der Waals surface area contributed by atoms with Gasteiger partial charge in [-0.05, 0) is 98.5 Å². The molecule has 9 heteroatoms. The van der Waals surface area contributed by atoms with Crippen LogP contribution < -0.4 is 4.74 Å². The molecule has 2 aliphatic rings. The molecule has 0 N–H and O–H groups in total. The first-order chi connectivity index (χ1) is 22.8. The van der Waals surface area contributed by atoms with Gasteiger partial charge in [0.05, 0.1) is 7.11 Å². The second-order valence-electron chi connectivity index (χ2n) is 11.7. The Morgan fingerprint density at radius 3 is 1.74 bits per heavy atom. The fraction of sp³-hybridized carbons (Fsp3) is 0.289. The Morgan fingerprint density at radius 1 is 0.660 bits per heavy atom.